The maximum absolute atomic E-state index is 10.9. The van der Waals surface area contributed by atoms with Crippen molar-refractivity contribution in [1.82, 2.24) is 4.98 Å². The van der Waals surface area contributed by atoms with E-state index in [-0.39, 0.29) is 5.69 Å². The highest BCUT2D eigenvalue weighted by atomic mass is 16.6. The number of pyridine rings is 1. The lowest BCUT2D eigenvalue weighted by Gasteiger charge is -2.25. The Kier molecular flexibility index (Phi) is 2.43. The van der Waals surface area contributed by atoms with Gasteiger partial charge in [-0.15, -0.1) is 0 Å². The summed E-state index contributed by atoms with van der Waals surface area (Å²) < 4.78 is 0. The molecule has 1 amide bonds. The van der Waals surface area contributed by atoms with Crippen LogP contribution in [0.25, 0.3) is 0 Å². The van der Waals surface area contributed by atoms with Gasteiger partial charge in [-0.2, -0.15) is 0 Å². The number of fused-ring (bicyclic) bond motifs is 1. The third-order valence-corrected chi connectivity index (χ3v) is 2.46. The Bertz CT molecular complexity index is 460. The highest BCUT2D eigenvalue weighted by Crippen LogP contribution is 2.28. The van der Waals surface area contributed by atoms with Gasteiger partial charge < -0.3 is 5.11 Å². The van der Waals surface area contributed by atoms with Crippen LogP contribution < -0.4 is 4.90 Å². The van der Waals surface area contributed by atoms with Crippen molar-refractivity contribution in [2.45, 2.75) is 12.8 Å². The summed E-state index contributed by atoms with van der Waals surface area (Å²) in [6.07, 6.45) is 1.38. The molecule has 0 bridgehead atoms. The molecular formula is C9H9N3O4. The first kappa shape index (κ1) is 10.3. The molecule has 0 aliphatic carbocycles. The summed E-state index contributed by atoms with van der Waals surface area (Å²) in [4.78, 5) is 25.9. The van der Waals surface area contributed by atoms with Crippen LogP contribution >= 0.6 is 0 Å². The van der Waals surface area contributed by atoms with Crippen molar-refractivity contribution in [2.75, 3.05) is 11.4 Å². The van der Waals surface area contributed by atoms with Crippen molar-refractivity contribution < 1.29 is 14.8 Å². The van der Waals surface area contributed by atoms with Crippen molar-refractivity contribution >= 4 is 17.5 Å². The van der Waals surface area contributed by atoms with Crippen LogP contribution in [0.2, 0.25) is 0 Å². The fraction of sp³-hybridized carbons (Fsp3) is 0.333. The van der Waals surface area contributed by atoms with Gasteiger partial charge in [-0.25, -0.2) is 4.79 Å². The highest BCUT2D eigenvalue weighted by Gasteiger charge is 2.25. The van der Waals surface area contributed by atoms with Crippen LogP contribution in [-0.2, 0) is 6.42 Å². The second-order valence-corrected chi connectivity index (χ2v) is 3.45. The third kappa shape index (κ3) is 1.67. The van der Waals surface area contributed by atoms with Crippen LogP contribution in [-0.4, -0.2) is 27.7 Å². The zero-order valence-electron chi connectivity index (χ0n) is 8.29. The number of nitro groups is 1. The molecule has 1 aliphatic rings. The molecule has 0 saturated heterocycles. The van der Waals surface area contributed by atoms with Gasteiger partial charge in [0.2, 0.25) is 0 Å². The van der Waals surface area contributed by atoms with E-state index >= 15 is 0 Å². The van der Waals surface area contributed by atoms with E-state index in [4.69, 9.17) is 5.11 Å². The van der Waals surface area contributed by atoms with E-state index in [1.165, 1.54) is 6.07 Å². The predicted octanol–water partition coefficient (Wildman–Crippen LogP) is 1.42. The van der Waals surface area contributed by atoms with Gasteiger partial charge in [0, 0.05) is 12.6 Å². The standard InChI is InChI=1S/C9H9N3O4/c13-9(14)11-3-1-2-7-8(11)4-6(5-10-7)12(15)16/h4-5H,1-3H2,(H,13,14). The maximum atomic E-state index is 10.9. The molecule has 1 aromatic heterocycles. The largest absolute Gasteiger partial charge is 0.465 e. The number of aromatic nitrogens is 1. The van der Waals surface area contributed by atoms with Crippen LogP contribution in [0, 0.1) is 10.1 Å². The van der Waals surface area contributed by atoms with Gasteiger partial charge in [-0.1, -0.05) is 0 Å². The smallest absolute Gasteiger partial charge is 0.411 e. The minimum Gasteiger partial charge on any atom is -0.465 e. The molecule has 0 atom stereocenters. The van der Waals surface area contributed by atoms with Gasteiger partial charge in [0.1, 0.15) is 6.20 Å². The van der Waals surface area contributed by atoms with Crippen LogP contribution in [0.1, 0.15) is 12.1 Å². The second-order valence-electron chi connectivity index (χ2n) is 3.45. The molecule has 0 spiro atoms. The molecule has 7 heteroatoms. The number of hydrogen-bond acceptors (Lipinski definition) is 4. The highest BCUT2D eigenvalue weighted by molar-refractivity contribution is 5.87. The Morgan fingerprint density at radius 2 is 2.38 bits per heavy atom. The molecule has 0 saturated carbocycles. The van der Waals surface area contributed by atoms with E-state index in [0.717, 1.165) is 11.1 Å². The number of anilines is 1. The Hall–Kier alpha value is -2.18. The first-order chi connectivity index (χ1) is 7.59. The summed E-state index contributed by atoms with van der Waals surface area (Å²) in [5.74, 6) is 0. The summed E-state index contributed by atoms with van der Waals surface area (Å²) in [6.45, 7) is 0.352. The van der Waals surface area contributed by atoms with Gasteiger partial charge in [0.05, 0.1) is 16.3 Å². The van der Waals surface area contributed by atoms with Crippen LogP contribution in [0.5, 0.6) is 0 Å². The van der Waals surface area contributed by atoms with Crippen LogP contribution in [0.3, 0.4) is 0 Å². The van der Waals surface area contributed by atoms with E-state index < -0.39 is 11.0 Å². The Balaban J connectivity index is 2.48. The van der Waals surface area contributed by atoms with Crippen molar-refractivity contribution in [2.24, 2.45) is 0 Å². The molecule has 2 rings (SSSR count). The summed E-state index contributed by atoms with van der Waals surface area (Å²) in [5, 5.41) is 19.5. The van der Waals surface area contributed by atoms with Crippen molar-refractivity contribution in [3.63, 3.8) is 0 Å². The molecule has 1 N–H and O–H groups in total. The van der Waals surface area contributed by atoms with Gasteiger partial charge in [-0.3, -0.25) is 20.0 Å². The Labute approximate surface area is 90.5 Å². The van der Waals surface area contributed by atoms with Gasteiger partial charge in [0.25, 0.3) is 5.69 Å². The predicted molar refractivity (Wildman–Crippen MR) is 54.6 cm³/mol. The van der Waals surface area contributed by atoms with Crippen molar-refractivity contribution in [1.29, 1.82) is 0 Å². The monoisotopic (exact) mass is 223 g/mol. The summed E-state index contributed by atoms with van der Waals surface area (Å²) >= 11 is 0. The number of aryl methyl sites for hydroxylation is 1. The quantitative estimate of drug-likeness (QED) is 0.573. The fourth-order valence-corrected chi connectivity index (χ4v) is 1.72. The molecule has 0 radical (unpaired) electrons. The second kappa shape index (κ2) is 3.76. The van der Waals surface area contributed by atoms with E-state index in [0.29, 0.717) is 30.8 Å². The van der Waals surface area contributed by atoms with Gasteiger partial charge >= 0.3 is 6.09 Å². The summed E-state index contributed by atoms with van der Waals surface area (Å²) in [5.41, 5.74) is 0.735. The first-order valence-corrected chi connectivity index (χ1v) is 4.73. The molecule has 0 aromatic carbocycles. The SMILES string of the molecule is O=C(O)N1CCCc2ncc([N+](=O)[O-])cc21. The molecule has 2 heterocycles. The zero-order chi connectivity index (χ0) is 11.7. The van der Waals surface area contributed by atoms with E-state index in [1.54, 1.807) is 0 Å². The minimum absolute atomic E-state index is 0.188. The first-order valence-electron chi connectivity index (χ1n) is 4.73. The van der Waals surface area contributed by atoms with E-state index in [9.17, 15) is 14.9 Å². The number of hydrogen-bond donors (Lipinski definition) is 1. The van der Waals surface area contributed by atoms with Crippen LogP contribution in [0.15, 0.2) is 12.3 Å². The molecule has 0 unspecified atom stereocenters. The van der Waals surface area contributed by atoms with Crippen LogP contribution in [0.4, 0.5) is 16.2 Å². The molecule has 16 heavy (non-hydrogen) atoms. The number of nitrogens with zero attached hydrogens (tertiary/aromatic N) is 3. The van der Waals surface area contributed by atoms with Crippen molar-refractivity contribution in [3.05, 3.63) is 28.1 Å². The number of amides is 1. The number of rotatable bonds is 1. The van der Waals surface area contributed by atoms with Gasteiger partial charge in [-0.05, 0) is 12.8 Å². The van der Waals surface area contributed by atoms with Gasteiger partial charge in [0.15, 0.2) is 0 Å². The van der Waals surface area contributed by atoms with E-state index in [1.807, 2.05) is 0 Å². The average molecular weight is 223 g/mol. The summed E-state index contributed by atoms with van der Waals surface area (Å²) in [6, 6.07) is 1.26. The minimum atomic E-state index is -1.11. The lowest BCUT2D eigenvalue weighted by molar-refractivity contribution is -0.385. The zero-order valence-corrected chi connectivity index (χ0v) is 8.29. The molecule has 1 aromatic rings. The Morgan fingerprint density at radius 3 is 3.00 bits per heavy atom. The Morgan fingerprint density at radius 1 is 1.62 bits per heavy atom. The molecular weight excluding hydrogens is 214 g/mol. The molecule has 7 nitrogen and oxygen atoms in total. The van der Waals surface area contributed by atoms with E-state index in [2.05, 4.69) is 4.98 Å². The normalized spacial score (nSPS) is 14.4. The number of carboxylic acid groups (broad SMARTS) is 1. The third-order valence-electron chi connectivity index (χ3n) is 2.46. The lowest BCUT2D eigenvalue weighted by atomic mass is 10.1. The molecule has 84 valence electrons. The number of carbonyl (C=O) groups is 1. The topological polar surface area (TPSA) is 96.6 Å². The lowest BCUT2D eigenvalue weighted by Crippen LogP contribution is -2.34. The molecule has 0 fully saturated rings. The van der Waals surface area contributed by atoms with Crippen molar-refractivity contribution in [3.8, 4) is 0 Å². The summed E-state index contributed by atoms with van der Waals surface area (Å²) in [7, 11) is 0. The maximum Gasteiger partial charge on any atom is 0.411 e. The average Bonchev–Trinajstić information content (AvgIpc) is 2.27. The molecule has 1 aliphatic heterocycles. The fourth-order valence-electron chi connectivity index (χ4n) is 1.72.